The number of thioether (sulfide) groups is 1. The first-order valence-corrected chi connectivity index (χ1v) is 8.29. The SMILES string of the molecule is COc1ccc(-n2ccnc2SCC2(O)CCOCC2)cc1. The predicted molar refractivity (Wildman–Crippen MR) is 85.8 cm³/mol. The molecule has 2 aromatic rings. The quantitative estimate of drug-likeness (QED) is 0.858. The van der Waals surface area contributed by atoms with Gasteiger partial charge in [-0.1, -0.05) is 11.8 Å². The van der Waals surface area contributed by atoms with Crippen molar-refractivity contribution in [2.45, 2.75) is 23.6 Å². The van der Waals surface area contributed by atoms with Gasteiger partial charge in [0.25, 0.3) is 0 Å². The van der Waals surface area contributed by atoms with Gasteiger partial charge in [-0.15, -0.1) is 0 Å². The molecule has 0 saturated carbocycles. The molecule has 0 atom stereocenters. The third kappa shape index (κ3) is 3.45. The number of hydrogen-bond donors (Lipinski definition) is 1. The van der Waals surface area contributed by atoms with E-state index in [0.717, 1.165) is 16.6 Å². The van der Waals surface area contributed by atoms with Crippen molar-refractivity contribution in [3.05, 3.63) is 36.7 Å². The summed E-state index contributed by atoms with van der Waals surface area (Å²) in [5.41, 5.74) is 0.374. The minimum atomic E-state index is -0.653. The van der Waals surface area contributed by atoms with Crippen molar-refractivity contribution in [3.8, 4) is 11.4 Å². The maximum atomic E-state index is 10.5. The number of rotatable bonds is 5. The summed E-state index contributed by atoms with van der Waals surface area (Å²) >= 11 is 1.58. The van der Waals surface area contributed by atoms with Crippen LogP contribution in [0.4, 0.5) is 0 Å². The summed E-state index contributed by atoms with van der Waals surface area (Å²) < 4.78 is 12.5. The number of hydrogen-bond acceptors (Lipinski definition) is 5. The molecule has 5 nitrogen and oxygen atoms in total. The van der Waals surface area contributed by atoms with Gasteiger partial charge in [-0.25, -0.2) is 4.98 Å². The highest BCUT2D eigenvalue weighted by atomic mass is 32.2. The average Bonchev–Trinajstić information content (AvgIpc) is 3.02. The zero-order valence-corrected chi connectivity index (χ0v) is 13.4. The van der Waals surface area contributed by atoms with Crippen LogP contribution in [0.2, 0.25) is 0 Å². The molecule has 0 spiro atoms. The molecule has 1 aromatic carbocycles. The Morgan fingerprint density at radius 2 is 2.05 bits per heavy atom. The fraction of sp³-hybridized carbons (Fsp3) is 0.438. The van der Waals surface area contributed by atoms with Crippen molar-refractivity contribution < 1.29 is 14.6 Å². The van der Waals surface area contributed by atoms with E-state index in [1.807, 2.05) is 35.0 Å². The van der Waals surface area contributed by atoms with Crippen LogP contribution < -0.4 is 4.74 Å². The zero-order valence-electron chi connectivity index (χ0n) is 12.6. The maximum Gasteiger partial charge on any atom is 0.172 e. The topological polar surface area (TPSA) is 56.5 Å². The molecule has 22 heavy (non-hydrogen) atoms. The lowest BCUT2D eigenvalue weighted by Gasteiger charge is -2.31. The van der Waals surface area contributed by atoms with Crippen molar-refractivity contribution >= 4 is 11.8 Å². The molecule has 1 aliphatic rings. The van der Waals surface area contributed by atoms with Crippen LogP contribution in [0.1, 0.15) is 12.8 Å². The van der Waals surface area contributed by atoms with E-state index in [-0.39, 0.29) is 0 Å². The van der Waals surface area contributed by atoms with E-state index in [1.54, 1.807) is 25.1 Å². The lowest BCUT2D eigenvalue weighted by Crippen LogP contribution is -2.38. The fourth-order valence-electron chi connectivity index (χ4n) is 2.43. The van der Waals surface area contributed by atoms with Gasteiger partial charge in [0.15, 0.2) is 5.16 Å². The lowest BCUT2D eigenvalue weighted by atomic mass is 9.97. The average molecular weight is 320 g/mol. The molecule has 0 aliphatic carbocycles. The molecule has 0 unspecified atom stereocenters. The Hall–Kier alpha value is -1.50. The smallest absolute Gasteiger partial charge is 0.172 e. The van der Waals surface area contributed by atoms with E-state index in [2.05, 4.69) is 4.98 Å². The van der Waals surface area contributed by atoms with Crippen molar-refractivity contribution in [3.63, 3.8) is 0 Å². The van der Waals surface area contributed by atoms with E-state index in [0.29, 0.717) is 31.8 Å². The van der Waals surface area contributed by atoms with E-state index < -0.39 is 5.60 Å². The Kier molecular flexibility index (Phi) is 4.71. The molecule has 1 N–H and O–H groups in total. The number of methoxy groups -OCH3 is 1. The molecule has 3 rings (SSSR count). The Morgan fingerprint density at radius 1 is 1.32 bits per heavy atom. The molecule has 1 saturated heterocycles. The monoisotopic (exact) mass is 320 g/mol. The number of aliphatic hydroxyl groups is 1. The summed E-state index contributed by atoms with van der Waals surface area (Å²) in [6, 6.07) is 7.84. The van der Waals surface area contributed by atoms with Gasteiger partial charge in [-0.3, -0.25) is 4.57 Å². The van der Waals surface area contributed by atoms with Crippen LogP contribution in [0, 0.1) is 0 Å². The Bertz CT molecular complexity index is 606. The number of nitrogens with zero attached hydrogens (tertiary/aromatic N) is 2. The van der Waals surface area contributed by atoms with Crippen LogP contribution in [0.15, 0.2) is 41.8 Å². The lowest BCUT2D eigenvalue weighted by molar-refractivity contribution is -0.0476. The number of imidazole rings is 1. The van der Waals surface area contributed by atoms with Crippen LogP contribution in [0.3, 0.4) is 0 Å². The third-order valence-electron chi connectivity index (χ3n) is 3.85. The van der Waals surface area contributed by atoms with Crippen LogP contribution in [0.25, 0.3) is 5.69 Å². The van der Waals surface area contributed by atoms with Gasteiger partial charge in [0.05, 0.1) is 12.7 Å². The number of aromatic nitrogens is 2. The maximum absolute atomic E-state index is 10.5. The zero-order chi connectivity index (χ0) is 15.4. The molecule has 118 valence electrons. The van der Waals surface area contributed by atoms with E-state index in [1.165, 1.54) is 0 Å². The highest BCUT2D eigenvalue weighted by Crippen LogP contribution is 2.29. The van der Waals surface area contributed by atoms with Gasteiger partial charge in [0, 0.05) is 49.9 Å². The second kappa shape index (κ2) is 6.73. The second-order valence-electron chi connectivity index (χ2n) is 5.40. The first-order valence-electron chi connectivity index (χ1n) is 7.31. The highest BCUT2D eigenvalue weighted by Gasteiger charge is 2.30. The van der Waals surface area contributed by atoms with Crippen LogP contribution in [-0.4, -0.2) is 46.3 Å². The number of ether oxygens (including phenoxy) is 2. The van der Waals surface area contributed by atoms with Crippen molar-refractivity contribution in [2.24, 2.45) is 0 Å². The number of benzene rings is 1. The van der Waals surface area contributed by atoms with Crippen molar-refractivity contribution in [1.82, 2.24) is 9.55 Å². The normalized spacial score (nSPS) is 17.4. The first kappa shape index (κ1) is 15.4. The minimum Gasteiger partial charge on any atom is -0.497 e. The Balaban J connectivity index is 1.71. The van der Waals surface area contributed by atoms with E-state index >= 15 is 0 Å². The van der Waals surface area contributed by atoms with Gasteiger partial charge in [-0.05, 0) is 24.3 Å². The van der Waals surface area contributed by atoms with Crippen molar-refractivity contribution in [1.29, 1.82) is 0 Å². The van der Waals surface area contributed by atoms with E-state index in [4.69, 9.17) is 9.47 Å². The summed E-state index contributed by atoms with van der Waals surface area (Å²) in [5.74, 6) is 1.46. The molecule has 1 aromatic heterocycles. The van der Waals surface area contributed by atoms with Crippen LogP contribution in [-0.2, 0) is 4.74 Å². The molecule has 0 amide bonds. The van der Waals surface area contributed by atoms with Gasteiger partial charge >= 0.3 is 0 Å². The van der Waals surface area contributed by atoms with Gasteiger partial charge < -0.3 is 14.6 Å². The minimum absolute atomic E-state index is 0.629. The molecule has 2 heterocycles. The standard InChI is InChI=1S/C16H20N2O3S/c1-20-14-4-2-13(3-5-14)18-9-8-17-15(18)22-12-16(19)6-10-21-11-7-16/h2-5,8-9,19H,6-7,10-12H2,1H3. The van der Waals surface area contributed by atoms with Gasteiger partial charge in [-0.2, -0.15) is 0 Å². The third-order valence-corrected chi connectivity index (χ3v) is 5.09. The molecule has 6 heteroatoms. The summed E-state index contributed by atoms with van der Waals surface area (Å²) in [6.45, 7) is 1.26. The van der Waals surface area contributed by atoms with Gasteiger partial charge in [0.1, 0.15) is 5.75 Å². The molecular weight excluding hydrogens is 300 g/mol. The first-order chi connectivity index (χ1) is 10.7. The largest absolute Gasteiger partial charge is 0.497 e. The molecule has 0 radical (unpaired) electrons. The summed E-state index contributed by atoms with van der Waals surface area (Å²) in [6.07, 6.45) is 5.07. The van der Waals surface area contributed by atoms with Gasteiger partial charge in [0.2, 0.25) is 0 Å². The second-order valence-corrected chi connectivity index (χ2v) is 6.35. The van der Waals surface area contributed by atoms with E-state index in [9.17, 15) is 5.11 Å². The van der Waals surface area contributed by atoms with Crippen LogP contribution in [0.5, 0.6) is 5.75 Å². The summed E-state index contributed by atoms with van der Waals surface area (Å²) in [4.78, 5) is 4.40. The summed E-state index contributed by atoms with van der Waals surface area (Å²) in [7, 11) is 1.65. The Morgan fingerprint density at radius 3 is 2.73 bits per heavy atom. The summed E-state index contributed by atoms with van der Waals surface area (Å²) in [5, 5.41) is 11.4. The molecule has 0 bridgehead atoms. The van der Waals surface area contributed by atoms with Crippen LogP contribution >= 0.6 is 11.8 Å². The molecule has 1 aliphatic heterocycles. The molecule has 1 fully saturated rings. The predicted octanol–water partition coefficient (Wildman–Crippen LogP) is 2.51. The highest BCUT2D eigenvalue weighted by molar-refractivity contribution is 7.99. The Labute approximate surface area is 134 Å². The van der Waals surface area contributed by atoms with Crippen molar-refractivity contribution in [2.75, 3.05) is 26.1 Å². The fourth-order valence-corrected chi connectivity index (χ4v) is 3.56. The molecular formula is C16H20N2O3S.